The Balaban J connectivity index is 1.85. The first-order valence-electron chi connectivity index (χ1n) is 8.28. The molecular formula is C19H22N2O2S. The van der Waals surface area contributed by atoms with E-state index in [1.54, 1.807) is 18.0 Å². The van der Waals surface area contributed by atoms with Crippen LogP contribution in [-0.2, 0) is 0 Å². The van der Waals surface area contributed by atoms with Crippen molar-refractivity contribution in [1.29, 1.82) is 0 Å². The lowest BCUT2D eigenvalue weighted by atomic mass is 9.98. The highest BCUT2D eigenvalue weighted by Gasteiger charge is 2.25. The maximum absolute atomic E-state index is 12.9. The molecule has 5 heteroatoms. The molecule has 2 aromatic rings. The molecular weight excluding hydrogens is 320 g/mol. The molecule has 1 aliphatic heterocycles. The maximum atomic E-state index is 12.9. The number of amides is 2. The van der Waals surface area contributed by atoms with Crippen molar-refractivity contribution in [2.75, 3.05) is 25.0 Å². The number of para-hydroxylation sites is 1. The summed E-state index contributed by atoms with van der Waals surface area (Å²) >= 11 is 1.41. The average molecular weight is 342 g/mol. The number of rotatable bonds is 3. The number of hydrogen-bond acceptors (Lipinski definition) is 3. The smallest absolute Gasteiger partial charge is 0.268 e. The van der Waals surface area contributed by atoms with Crippen LogP contribution in [0.4, 0.5) is 5.69 Å². The maximum Gasteiger partial charge on any atom is 0.268 e. The molecule has 0 bridgehead atoms. The van der Waals surface area contributed by atoms with Crippen molar-refractivity contribution in [1.82, 2.24) is 4.90 Å². The number of carbonyl (C=O) groups is 2. The fourth-order valence-electron chi connectivity index (χ4n) is 3.00. The van der Waals surface area contributed by atoms with Crippen LogP contribution < -0.4 is 4.90 Å². The summed E-state index contributed by atoms with van der Waals surface area (Å²) in [5.74, 6) is 0.605. The van der Waals surface area contributed by atoms with E-state index in [2.05, 4.69) is 6.92 Å². The minimum absolute atomic E-state index is 0.0170. The van der Waals surface area contributed by atoms with Crippen LogP contribution in [0.5, 0.6) is 0 Å². The van der Waals surface area contributed by atoms with E-state index in [0.29, 0.717) is 22.0 Å². The summed E-state index contributed by atoms with van der Waals surface area (Å²) in [5.41, 5.74) is 1.26. The number of piperidine rings is 1. The van der Waals surface area contributed by atoms with E-state index in [0.717, 1.165) is 25.9 Å². The predicted octanol–water partition coefficient (Wildman–Crippen LogP) is 3.90. The number of thiophene rings is 1. The summed E-state index contributed by atoms with van der Waals surface area (Å²) in [6, 6.07) is 11.0. The number of carbonyl (C=O) groups excluding carboxylic acids is 2. The van der Waals surface area contributed by atoms with Gasteiger partial charge in [0.1, 0.15) is 0 Å². The van der Waals surface area contributed by atoms with Crippen LogP contribution in [0.25, 0.3) is 0 Å². The number of nitrogens with zero attached hydrogens (tertiary/aromatic N) is 2. The lowest BCUT2D eigenvalue weighted by Gasteiger charge is -2.31. The van der Waals surface area contributed by atoms with Gasteiger partial charge in [0.2, 0.25) is 0 Å². The van der Waals surface area contributed by atoms with Crippen molar-refractivity contribution in [2.45, 2.75) is 19.8 Å². The molecule has 0 spiro atoms. The highest BCUT2D eigenvalue weighted by molar-refractivity contribution is 7.12. The zero-order chi connectivity index (χ0) is 17.1. The van der Waals surface area contributed by atoms with Gasteiger partial charge >= 0.3 is 0 Å². The zero-order valence-electron chi connectivity index (χ0n) is 14.1. The lowest BCUT2D eigenvalue weighted by molar-refractivity contribution is 0.0698. The second kappa shape index (κ2) is 7.18. The van der Waals surface area contributed by atoms with Crippen molar-refractivity contribution in [3.05, 3.63) is 52.2 Å². The molecule has 1 aromatic heterocycles. The Morgan fingerprint density at radius 3 is 2.50 bits per heavy atom. The van der Waals surface area contributed by atoms with Gasteiger partial charge in [0, 0.05) is 20.1 Å². The van der Waals surface area contributed by atoms with Gasteiger partial charge in [0.15, 0.2) is 0 Å². The Morgan fingerprint density at radius 2 is 1.83 bits per heavy atom. The van der Waals surface area contributed by atoms with E-state index in [4.69, 9.17) is 0 Å². The third-order valence-corrected chi connectivity index (χ3v) is 5.46. The third kappa shape index (κ3) is 3.36. The summed E-state index contributed by atoms with van der Waals surface area (Å²) in [6.45, 7) is 3.80. The van der Waals surface area contributed by atoms with E-state index in [1.165, 1.54) is 11.3 Å². The van der Waals surface area contributed by atoms with Gasteiger partial charge in [-0.15, -0.1) is 11.3 Å². The lowest BCUT2D eigenvalue weighted by Crippen LogP contribution is -2.39. The van der Waals surface area contributed by atoms with Crippen LogP contribution in [0.1, 0.15) is 39.8 Å². The molecule has 1 aliphatic rings. The molecule has 24 heavy (non-hydrogen) atoms. The van der Waals surface area contributed by atoms with Gasteiger partial charge < -0.3 is 9.80 Å². The molecule has 0 N–H and O–H groups in total. The van der Waals surface area contributed by atoms with Gasteiger partial charge in [-0.2, -0.15) is 0 Å². The number of likely N-dealkylation sites (tertiary alicyclic amines) is 1. The minimum Gasteiger partial charge on any atom is -0.339 e. The van der Waals surface area contributed by atoms with E-state index in [1.807, 2.05) is 40.6 Å². The average Bonchev–Trinajstić information content (AvgIpc) is 3.15. The molecule has 4 nitrogen and oxygen atoms in total. The summed E-state index contributed by atoms with van der Waals surface area (Å²) < 4.78 is 0. The van der Waals surface area contributed by atoms with E-state index in [-0.39, 0.29) is 11.8 Å². The molecule has 1 fully saturated rings. The monoisotopic (exact) mass is 342 g/mol. The molecule has 1 aromatic carbocycles. The topological polar surface area (TPSA) is 40.6 Å². The fourth-order valence-corrected chi connectivity index (χ4v) is 3.70. The van der Waals surface area contributed by atoms with Crippen LogP contribution in [0, 0.1) is 5.92 Å². The van der Waals surface area contributed by atoms with Gasteiger partial charge in [-0.3, -0.25) is 9.59 Å². The second-order valence-electron chi connectivity index (χ2n) is 6.33. The van der Waals surface area contributed by atoms with Gasteiger partial charge in [-0.1, -0.05) is 25.1 Å². The molecule has 0 atom stereocenters. The van der Waals surface area contributed by atoms with Crippen LogP contribution in [0.3, 0.4) is 0 Å². The van der Waals surface area contributed by atoms with Crippen LogP contribution in [0.15, 0.2) is 41.8 Å². The zero-order valence-corrected chi connectivity index (χ0v) is 14.9. The first-order valence-corrected chi connectivity index (χ1v) is 9.15. The Labute approximate surface area is 146 Å². The second-order valence-corrected chi connectivity index (χ2v) is 7.28. The first-order chi connectivity index (χ1) is 11.6. The van der Waals surface area contributed by atoms with E-state index >= 15 is 0 Å². The van der Waals surface area contributed by atoms with Crippen LogP contribution in [-0.4, -0.2) is 36.9 Å². The molecule has 0 aliphatic carbocycles. The van der Waals surface area contributed by atoms with Gasteiger partial charge in [-0.25, -0.2) is 0 Å². The normalized spacial score (nSPS) is 15.3. The standard InChI is InChI=1S/C19H22N2O2S/c1-14-9-11-21(12-10-14)18(22)15-6-3-4-7-16(15)20(2)19(23)17-8-5-13-24-17/h3-8,13-14H,9-12H2,1-2H3. The Morgan fingerprint density at radius 1 is 1.12 bits per heavy atom. The molecule has 2 heterocycles. The molecule has 126 valence electrons. The van der Waals surface area contributed by atoms with Gasteiger partial charge in [-0.05, 0) is 42.3 Å². The summed E-state index contributed by atoms with van der Waals surface area (Å²) in [7, 11) is 1.73. The minimum atomic E-state index is -0.0856. The van der Waals surface area contributed by atoms with E-state index in [9.17, 15) is 9.59 Å². The van der Waals surface area contributed by atoms with Crippen molar-refractivity contribution < 1.29 is 9.59 Å². The highest BCUT2D eigenvalue weighted by atomic mass is 32.1. The SMILES string of the molecule is CC1CCN(C(=O)c2ccccc2N(C)C(=O)c2cccs2)CC1. The Bertz CT molecular complexity index is 719. The number of hydrogen-bond donors (Lipinski definition) is 0. The molecule has 0 saturated carbocycles. The van der Waals surface area contributed by atoms with Crippen molar-refractivity contribution in [2.24, 2.45) is 5.92 Å². The van der Waals surface area contributed by atoms with E-state index < -0.39 is 0 Å². The quantitative estimate of drug-likeness (QED) is 0.849. The molecule has 3 rings (SSSR count). The largest absolute Gasteiger partial charge is 0.339 e. The molecule has 0 radical (unpaired) electrons. The third-order valence-electron chi connectivity index (χ3n) is 4.60. The number of benzene rings is 1. The van der Waals surface area contributed by atoms with Gasteiger partial charge in [0.05, 0.1) is 16.1 Å². The molecule has 2 amide bonds. The summed E-state index contributed by atoms with van der Waals surface area (Å²) in [6.07, 6.45) is 2.08. The Kier molecular flexibility index (Phi) is 5.00. The number of anilines is 1. The van der Waals surface area contributed by atoms with Crippen molar-refractivity contribution in [3.8, 4) is 0 Å². The van der Waals surface area contributed by atoms with Crippen LogP contribution >= 0.6 is 11.3 Å². The summed E-state index contributed by atoms with van der Waals surface area (Å²) in [4.78, 5) is 29.7. The van der Waals surface area contributed by atoms with Gasteiger partial charge in [0.25, 0.3) is 11.8 Å². The summed E-state index contributed by atoms with van der Waals surface area (Å²) in [5, 5.41) is 1.88. The molecule has 1 saturated heterocycles. The highest BCUT2D eigenvalue weighted by Crippen LogP contribution is 2.26. The van der Waals surface area contributed by atoms with Crippen molar-refractivity contribution >= 4 is 28.8 Å². The predicted molar refractivity (Wildman–Crippen MR) is 97.8 cm³/mol. The first kappa shape index (κ1) is 16.7. The Hall–Kier alpha value is -2.14. The van der Waals surface area contributed by atoms with Crippen molar-refractivity contribution in [3.63, 3.8) is 0 Å². The fraction of sp³-hybridized carbons (Fsp3) is 0.368. The van der Waals surface area contributed by atoms with Crippen LogP contribution in [0.2, 0.25) is 0 Å². The molecule has 0 unspecified atom stereocenters.